The Kier molecular flexibility index (Phi) is 7.96. The number of rotatable bonds is 8. The van der Waals surface area contributed by atoms with E-state index in [0.29, 0.717) is 28.3 Å². The lowest BCUT2D eigenvalue weighted by atomic mass is 10.0. The molecule has 0 aromatic heterocycles. The molecule has 0 aliphatic carbocycles. The molecular weight excluding hydrogens is 436 g/mol. The van der Waals surface area contributed by atoms with Gasteiger partial charge in [-0.15, -0.1) is 0 Å². The summed E-state index contributed by atoms with van der Waals surface area (Å²) in [7, 11) is 0. The van der Waals surface area contributed by atoms with Crippen LogP contribution in [0.1, 0.15) is 28.8 Å². The van der Waals surface area contributed by atoms with Crippen molar-refractivity contribution in [3.8, 4) is 5.75 Å². The molecule has 174 valence electrons. The van der Waals surface area contributed by atoms with Gasteiger partial charge in [0.05, 0.1) is 17.2 Å². The van der Waals surface area contributed by atoms with Crippen molar-refractivity contribution < 1.29 is 23.9 Å². The van der Waals surface area contributed by atoms with Gasteiger partial charge in [0.25, 0.3) is 5.91 Å². The molecule has 0 saturated carbocycles. The standard InChI is InChI=1S/C25H24N4O5/c1-16(23(31)33-15-22(30)28-19-5-3-2-4-6-19)17-9-13-21(14-10-17)34-24(32)18-7-11-20(12-8-18)29-25(26)27/h2-14,16H,15H2,1H3,(H,28,30)(H4,26,27,29). The third-order valence-corrected chi connectivity index (χ3v) is 4.71. The number of benzene rings is 3. The summed E-state index contributed by atoms with van der Waals surface area (Å²) in [4.78, 5) is 40.5. The predicted molar refractivity (Wildman–Crippen MR) is 128 cm³/mol. The van der Waals surface area contributed by atoms with E-state index in [0.717, 1.165) is 0 Å². The van der Waals surface area contributed by atoms with Crippen molar-refractivity contribution in [1.29, 1.82) is 0 Å². The fourth-order valence-electron chi connectivity index (χ4n) is 2.93. The highest BCUT2D eigenvalue weighted by atomic mass is 16.5. The molecule has 0 aliphatic rings. The van der Waals surface area contributed by atoms with Gasteiger partial charge in [0.15, 0.2) is 12.6 Å². The van der Waals surface area contributed by atoms with Crippen LogP contribution in [0.2, 0.25) is 0 Å². The van der Waals surface area contributed by atoms with Crippen LogP contribution in [0.25, 0.3) is 0 Å². The number of para-hydroxylation sites is 1. The van der Waals surface area contributed by atoms with Crippen molar-refractivity contribution in [1.82, 2.24) is 0 Å². The van der Waals surface area contributed by atoms with Crippen LogP contribution in [0, 0.1) is 0 Å². The molecule has 1 unspecified atom stereocenters. The number of aliphatic imine (C=N–C) groups is 1. The minimum atomic E-state index is -0.614. The van der Waals surface area contributed by atoms with Crippen molar-refractivity contribution >= 4 is 35.2 Å². The number of nitrogens with two attached hydrogens (primary N) is 2. The SMILES string of the molecule is CC(C(=O)OCC(=O)Nc1ccccc1)c1ccc(OC(=O)c2ccc(N=C(N)N)cc2)cc1. The summed E-state index contributed by atoms with van der Waals surface area (Å²) < 4.78 is 10.5. The Morgan fingerprint density at radius 3 is 2.18 bits per heavy atom. The van der Waals surface area contributed by atoms with E-state index in [1.54, 1.807) is 79.7 Å². The largest absolute Gasteiger partial charge is 0.455 e. The lowest BCUT2D eigenvalue weighted by Crippen LogP contribution is -2.23. The Bertz CT molecular complexity index is 1170. The van der Waals surface area contributed by atoms with Crippen LogP contribution in [0.5, 0.6) is 5.75 Å². The van der Waals surface area contributed by atoms with Gasteiger partial charge in [-0.05, 0) is 61.0 Å². The van der Waals surface area contributed by atoms with Crippen LogP contribution in [0.3, 0.4) is 0 Å². The van der Waals surface area contributed by atoms with Gasteiger partial charge in [0, 0.05) is 5.69 Å². The second-order valence-electron chi connectivity index (χ2n) is 7.29. The molecule has 3 rings (SSSR count). The molecule has 1 atom stereocenters. The number of guanidine groups is 1. The lowest BCUT2D eigenvalue weighted by molar-refractivity contribution is -0.148. The van der Waals surface area contributed by atoms with E-state index >= 15 is 0 Å². The molecule has 0 aliphatic heterocycles. The van der Waals surface area contributed by atoms with Gasteiger partial charge in [0.2, 0.25) is 0 Å². The second kappa shape index (κ2) is 11.3. The van der Waals surface area contributed by atoms with Gasteiger partial charge in [-0.3, -0.25) is 9.59 Å². The smallest absolute Gasteiger partial charge is 0.343 e. The first-order valence-corrected chi connectivity index (χ1v) is 10.3. The third-order valence-electron chi connectivity index (χ3n) is 4.71. The van der Waals surface area contributed by atoms with Crippen LogP contribution < -0.4 is 21.5 Å². The predicted octanol–water partition coefficient (Wildman–Crippen LogP) is 3.10. The molecule has 9 heteroatoms. The minimum Gasteiger partial charge on any atom is -0.455 e. The molecule has 0 heterocycles. The normalized spacial score (nSPS) is 11.1. The molecule has 3 aromatic rings. The average molecular weight is 460 g/mol. The van der Waals surface area contributed by atoms with Crippen molar-refractivity contribution in [2.45, 2.75) is 12.8 Å². The molecule has 5 N–H and O–H groups in total. The van der Waals surface area contributed by atoms with Crippen LogP contribution in [0.15, 0.2) is 83.9 Å². The van der Waals surface area contributed by atoms with Crippen LogP contribution >= 0.6 is 0 Å². The summed E-state index contributed by atoms with van der Waals surface area (Å²) in [6.07, 6.45) is 0. The van der Waals surface area contributed by atoms with Gasteiger partial charge in [-0.2, -0.15) is 0 Å². The van der Waals surface area contributed by atoms with Crippen molar-refractivity contribution in [3.63, 3.8) is 0 Å². The highest BCUT2D eigenvalue weighted by molar-refractivity contribution is 5.93. The molecule has 3 aromatic carbocycles. The van der Waals surface area contributed by atoms with E-state index < -0.39 is 30.4 Å². The van der Waals surface area contributed by atoms with Gasteiger partial charge in [0.1, 0.15) is 5.75 Å². The Morgan fingerprint density at radius 2 is 1.56 bits per heavy atom. The lowest BCUT2D eigenvalue weighted by Gasteiger charge is -2.13. The number of carbonyl (C=O) groups excluding carboxylic acids is 3. The van der Waals surface area contributed by atoms with Crippen molar-refractivity contribution in [3.05, 3.63) is 90.0 Å². The zero-order valence-corrected chi connectivity index (χ0v) is 18.4. The number of nitrogens with one attached hydrogen (secondary N) is 1. The molecule has 34 heavy (non-hydrogen) atoms. The van der Waals surface area contributed by atoms with E-state index in [9.17, 15) is 14.4 Å². The molecule has 9 nitrogen and oxygen atoms in total. The fourth-order valence-corrected chi connectivity index (χ4v) is 2.93. The highest BCUT2D eigenvalue weighted by Crippen LogP contribution is 2.22. The number of hydrogen-bond donors (Lipinski definition) is 3. The number of hydrogen-bond acceptors (Lipinski definition) is 6. The van der Waals surface area contributed by atoms with Gasteiger partial charge >= 0.3 is 11.9 Å². The summed E-state index contributed by atoms with van der Waals surface area (Å²) in [5.74, 6) is -1.92. The quantitative estimate of drug-likeness (QED) is 0.203. The van der Waals surface area contributed by atoms with Crippen molar-refractivity contribution in [2.75, 3.05) is 11.9 Å². The monoisotopic (exact) mass is 460 g/mol. The number of nitrogens with zero attached hydrogens (tertiary/aromatic N) is 1. The second-order valence-corrected chi connectivity index (χ2v) is 7.29. The molecule has 0 spiro atoms. The first kappa shape index (κ1) is 24.0. The summed E-state index contributed by atoms with van der Waals surface area (Å²) in [5.41, 5.74) is 12.8. The molecular formula is C25H24N4O5. The van der Waals surface area contributed by atoms with E-state index in [4.69, 9.17) is 20.9 Å². The van der Waals surface area contributed by atoms with Crippen LogP contribution in [0.4, 0.5) is 11.4 Å². The van der Waals surface area contributed by atoms with Crippen LogP contribution in [-0.2, 0) is 14.3 Å². The topological polar surface area (TPSA) is 146 Å². The Balaban J connectivity index is 1.51. The van der Waals surface area contributed by atoms with E-state index in [-0.39, 0.29) is 5.96 Å². The maximum absolute atomic E-state index is 12.3. The molecule has 0 radical (unpaired) electrons. The van der Waals surface area contributed by atoms with E-state index in [1.807, 2.05) is 6.07 Å². The number of esters is 2. The van der Waals surface area contributed by atoms with Crippen molar-refractivity contribution in [2.24, 2.45) is 16.5 Å². The van der Waals surface area contributed by atoms with E-state index in [2.05, 4.69) is 10.3 Å². The third kappa shape index (κ3) is 6.92. The Hall–Kier alpha value is -4.66. The molecule has 1 amide bonds. The Labute approximate surface area is 196 Å². The maximum atomic E-state index is 12.3. The average Bonchev–Trinajstić information content (AvgIpc) is 2.83. The number of ether oxygens (including phenoxy) is 2. The summed E-state index contributed by atoms with van der Waals surface area (Å²) >= 11 is 0. The van der Waals surface area contributed by atoms with Gasteiger partial charge in [-0.25, -0.2) is 9.79 Å². The minimum absolute atomic E-state index is 0.0797. The fraction of sp³-hybridized carbons (Fsp3) is 0.120. The number of anilines is 1. The number of amides is 1. The summed E-state index contributed by atoms with van der Waals surface area (Å²) in [6.45, 7) is 1.27. The van der Waals surface area contributed by atoms with Gasteiger partial charge in [-0.1, -0.05) is 30.3 Å². The molecule has 0 fully saturated rings. The molecule has 0 bridgehead atoms. The maximum Gasteiger partial charge on any atom is 0.343 e. The Morgan fingerprint density at radius 1 is 0.912 bits per heavy atom. The first-order valence-electron chi connectivity index (χ1n) is 10.3. The van der Waals surface area contributed by atoms with Crippen LogP contribution in [-0.4, -0.2) is 30.4 Å². The summed E-state index contributed by atoms with van der Waals surface area (Å²) in [5, 5.41) is 2.64. The zero-order valence-electron chi connectivity index (χ0n) is 18.4. The molecule has 0 saturated heterocycles. The summed E-state index contributed by atoms with van der Waals surface area (Å²) in [6, 6.07) is 21.6. The number of carbonyl (C=O) groups is 3. The van der Waals surface area contributed by atoms with E-state index in [1.165, 1.54) is 0 Å². The highest BCUT2D eigenvalue weighted by Gasteiger charge is 2.18. The first-order chi connectivity index (χ1) is 16.3. The van der Waals surface area contributed by atoms with Gasteiger partial charge < -0.3 is 26.3 Å². The zero-order chi connectivity index (χ0) is 24.5.